The Morgan fingerprint density at radius 1 is 1.12 bits per heavy atom. The Hall–Kier alpha value is -1.06. The van der Waals surface area contributed by atoms with Gasteiger partial charge in [-0.1, -0.05) is 44.5 Å². The van der Waals surface area contributed by atoms with Crippen molar-refractivity contribution >= 4 is 18.3 Å². The number of nitrogens with zero attached hydrogens (tertiary/aromatic N) is 1. The molecule has 1 heterocycles. The first-order chi connectivity index (χ1) is 11.6. The van der Waals surface area contributed by atoms with Crippen LogP contribution in [0.5, 0.6) is 0 Å². The highest BCUT2D eigenvalue weighted by molar-refractivity contribution is 5.85. The van der Waals surface area contributed by atoms with Crippen LogP contribution in [0, 0.1) is 5.92 Å². The van der Waals surface area contributed by atoms with E-state index in [1.165, 1.54) is 43.5 Å². The first-order valence-corrected chi connectivity index (χ1v) is 9.65. The molecule has 0 aromatic heterocycles. The van der Waals surface area contributed by atoms with Gasteiger partial charge in [-0.2, -0.15) is 0 Å². The molecule has 1 N–H and O–H groups in total. The molecule has 0 saturated carbocycles. The fraction of sp³-hybridized carbons (Fsp3) is 0.667. The standard InChI is InChI=1S/C21H34N2O.ClH/c1-17(2)16-19-10-5-6-11-20(19)18(3)21(24)22-12-9-15-23-13-7-4-8-14-23;/h5-6,10-11,17-18H,4,7-9,12-16H2,1-3H3,(H,22,24);1H/t18-;/m1./s1. The van der Waals surface area contributed by atoms with Crippen LogP contribution in [0.15, 0.2) is 24.3 Å². The number of amides is 1. The normalized spacial score (nSPS) is 16.3. The van der Waals surface area contributed by atoms with Crippen LogP contribution in [0.1, 0.15) is 63.5 Å². The van der Waals surface area contributed by atoms with Crippen LogP contribution >= 0.6 is 12.4 Å². The van der Waals surface area contributed by atoms with E-state index in [9.17, 15) is 4.79 Å². The van der Waals surface area contributed by atoms with Gasteiger partial charge in [-0.15, -0.1) is 12.4 Å². The summed E-state index contributed by atoms with van der Waals surface area (Å²) < 4.78 is 0. The molecule has 0 bridgehead atoms. The lowest BCUT2D eigenvalue weighted by atomic mass is 9.90. The Morgan fingerprint density at radius 2 is 1.80 bits per heavy atom. The van der Waals surface area contributed by atoms with E-state index in [1.807, 2.05) is 13.0 Å². The van der Waals surface area contributed by atoms with E-state index in [-0.39, 0.29) is 24.2 Å². The van der Waals surface area contributed by atoms with Crippen molar-refractivity contribution < 1.29 is 4.79 Å². The average molecular weight is 367 g/mol. The van der Waals surface area contributed by atoms with Crippen LogP contribution in [-0.2, 0) is 11.2 Å². The predicted octanol–water partition coefficient (Wildman–Crippen LogP) is 4.40. The minimum absolute atomic E-state index is 0. The molecule has 4 heteroatoms. The van der Waals surface area contributed by atoms with Crippen molar-refractivity contribution in [3.05, 3.63) is 35.4 Å². The van der Waals surface area contributed by atoms with Crippen LogP contribution in [0.2, 0.25) is 0 Å². The number of likely N-dealkylation sites (tertiary alicyclic amines) is 1. The van der Waals surface area contributed by atoms with Crippen molar-refractivity contribution in [2.24, 2.45) is 5.92 Å². The SMILES string of the molecule is CC(C)Cc1ccccc1[C@@H](C)C(=O)NCCCN1CCCCC1.Cl. The lowest BCUT2D eigenvalue weighted by Crippen LogP contribution is -2.34. The zero-order chi connectivity index (χ0) is 17.4. The summed E-state index contributed by atoms with van der Waals surface area (Å²) >= 11 is 0. The number of hydrogen-bond acceptors (Lipinski definition) is 2. The number of piperidine rings is 1. The maximum Gasteiger partial charge on any atom is 0.227 e. The molecule has 1 aliphatic rings. The molecule has 1 aliphatic heterocycles. The number of hydrogen-bond donors (Lipinski definition) is 1. The summed E-state index contributed by atoms with van der Waals surface area (Å²) in [5.74, 6) is 0.686. The molecular weight excluding hydrogens is 332 g/mol. The number of rotatable bonds is 8. The average Bonchev–Trinajstić information content (AvgIpc) is 2.59. The molecule has 142 valence electrons. The van der Waals surface area contributed by atoms with Gasteiger partial charge in [0.25, 0.3) is 0 Å². The lowest BCUT2D eigenvalue weighted by molar-refractivity contribution is -0.122. The molecular formula is C21H35ClN2O. The highest BCUT2D eigenvalue weighted by Gasteiger charge is 2.18. The number of carbonyl (C=O) groups is 1. The van der Waals surface area contributed by atoms with Crippen LogP contribution in [0.25, 0.3) is 0 Å². The van der Waals surface area contributed by atoms with Crippen LogP contribution < -0.4 is 5.32 Å². The lowest BCUT2D eigenvalue weighted by Gasteiger charge is -2.26. The van der Waals surface area contributed by atoms with Crippen molar-refractivity contribution in [2.45, 2.75) is 58.8 Å². The van der Waals surface area contributed by atoms with Gasteiger partial charge < -0.3 is 10.2 Å². The maximum atomic E-state index is 12.5. The molecule has 2 rings (SSSR count). The fourth-order valence-electron chi connectivity index (χ4n) is 3.57. The van der Waals surface area contributed by atoms with Gasteiger partial charge in [0.05, 0.1) is 5.92 Å². The quantitative estimate of drug-likeness (QED) is 0.691. The van der Waals surface area contributed by atoms with E-state index in [4.69, 9.17) is 0 Å². The Balaban J connectivity index is 0.00000312. The minimum atomic E-state index is -0.0741. The Labute approximate surface area is 160 Å². The van der Waals surface area contributed by atoms with Gasteiger partial charge in [-0.05, 0) is 69.3 Å². The van der Waals surface area contributed by atoms with Gasteiger partial charge in [0.1, 0.15) is 0 Å². The number of benzene rings is 1. The molecule has 1 saturated heterocycles. The first-order valence-electron chi connectivity index (χ1n) is 9.65. The molecule has 1 atom stereocenters. The largest absolute Gasteiger partial charge is 0.356 e. The number of halogens is 1. The third-order valence-corrected chi connectivity index (χ3v) is 4.94. The van der Waals surface area contributed by atoms with E-state index < -0.39 is 0 Å². The molecule has 1 aromatic rings. The second-order valence-electron chi connectivity index (χ2n) is 7.57. The zero-order valence-corrected chi connectivity index (χ0v) is 16.9. The highest BCUT2D eigenvalue weighted by Crippen LogP contribution is 2.22. The van der Waals surface area contributed by atoms with Crippen LogP contribution in [-0.4, -0.2) is 37.0 Å². The van der Waals surface area contributed by atoms with Crippen LogP contribution in [0.3, 0.4) is 0 Å². The minimum Gasteiger partial charge on any atom is -0.356 e. The summed E-state index contributed by atoms with van der Waals surface area (Å²) in [6.45, 7) is 10.8. The van der Waals surface area contributed by atoms with E-state index in [1.54, 1.807) is 0 Å². The summed E-state index contributed by atoms with van der Waals surface area (Å²) in [5.41, 5.74) is 2.49. The molecule has 25 heavy (non-hydrogen) atoms. The predicted molar refractivity (Wildman–Crippen MR) is 109 cm³/mol. The third-order valence-electron chi connectivity index (χ3n) is 4.94. The highest BCUT2D eigenvalue weighted by atomic mass is 35.5. The van der Waals surface area contributed by atoms with Crippen LogP contribution in [0.4, 0.5) is 0 Å². The molecule has 0 unspecified atom stereocenters. The molecule has 1 fully saturated rings. The van der Waals surface area contributed by atoms with Gasteiger partial charge in [0.15, 0.2) is 0 Å². The van der Waals surface area contributed by atoms with Gasteiger partial charge in [-0.25, -0.2) is 0 Å². The van der Waals surface area contributed by atoms with E-state index in [2.05, 4.69) is 42.3 Å². The molecule has 0 radical (unpaired) electrons. The number of nitrogens with one attached hydrogen (secondary N) is 1. The Bertz CT molecular complexity index is 512. The first kappa shape index (κ1) is 22.0. The van der Waals surface area contributed by atoms with Gasteiger partial charge in [-0.3, -0.25) is 4.79 Å². The maximum absolute atomic E-state index is 12.5. The molecule has 0 aliphatic carbocycles. The van der Waals surface area contributed by atoms with Gasteiger partial charge >= 0.3 is 0 Å². The van der Waals surface area contributed by atoms with Gasteiger partial charge in [0.2, 0.25) is 5.91 Å². The van der Waals surface area contributed by atoms with Gasteiger partial charge in [0, 0.05) is 6.54 Å². The van der Waals surface area contributed by atoms with Crippen molar-refractivity contribution in [1.82, 2.24) is 10.2 Å². The summed E-state index contributed by atoms with van der Waals surface area (Å²) in [4.78, 5) is 15.0. The van der Waals surface area contributed by atoms with E-state index in [0.29, 0.717) is 5.92 Å². The van der Waals surface area contributed by atoms with Crippen molar-refractivity contribution in [3.8, 4) is 0 Å². The second-order valence-corrected chi connectivity index (χ2v) is 7.57. The smallest absolute Gasteiger partial charge is 0.227 e. The van der Waals surface area contributed by atoms with Crippen molar-refractivity contribution in [3.63, 3.8) is 0 Å². The molecule has 0 spiro atoms. The van der Waals surface area contributed by atoms with Crippen molar-refractivity contribution in [1.29, 1.82) is 0 Å². The summed E-state index contributed by atoms with van der Waals surface area (Å²) in [5, 5.41) is 3.14. The summed E-state index contributed by atoms with van der Waals surface area (Å²) in [6.07, 6.45) is 6.11. The Morgan fingerprint density at radius 3 is 2.48 bits per heavy atom. The zero-order valence-electron chi connectivity index (χ0n) is 16.1. The number of carbonyl (C=O) groups excluding carboxylic acids is 1. The summed E-state index contributed by atoms with van der Waals surface area (Å²) in [7, 11) is 0. The molecule has 1 amide bonds. The molecule has 3 nitrogen and oxygen atoms in total. The molecule has 1 aromatic carbocycles. The second kappa shape index (κ2) is 11.5. The van der Waals surface area contributed by atoms with E-state index in [0.717, 1.165) is 25.9 Å². The topological polar surface area (TPSA) is 32.3 Å². The van der Waals surface area contributed by atoms with Crippen molar-refractivity contribution in [2.75, 3.05) is 26.2 Å². The Kier molecular flexibility index (Phi) is 10.1. The third kappa shape index (κ3) is 7.37. The monoisotopic (exact) mass is 366 g/mol. The fourth-order valence-corrected chi connectivity index (χ4v) is 3.57. The summed E-state index contributed by atoms with van der Waals surface area (Å²) in [6, 6.07) is 8.38. The van der Waals surface area contributed by atoms with E-state index >= 15 is 0 Å².